The lowest BCUT2D eigenvalue weighted by Crippen LogP contribution is -2.50. The number of rotatable bonds is 14. The summed E-state index contributed by atoms with van der Waals surface area (Å²) in [5, 5.41) is 28.8. The number of halogens is 5. The van der Waals surface area contributed by atoms with Crippen LogP contribution in [0.2, 0.25) is 10.0 Å². The van der Waals surface area contributed by atoms with Gasteiger partial charge in [-0.2, -0.15) is 10.2 Å². The molecule has 2 N–H and O–H groups in total. The van der Waals surface area contributed by atoms with Crippen LogP contribution in [-0.4, -0.2) is 194 Å². The number of carbonyl (C=O) groups is 4. The van der Waals surface area contributed by atoms with Crippen LogP contribution in [0.15, 0.2) is 213 Å². The minimum atomic E-state index is -4.86. The van der Waals surface area contributed by atoms with Crippen molar-refractivity contribution in [2.75, 3.05) is 93.5 Å². The maximum absolute atomic E-state index is 13.4. The van der Waals surface area contributed by atoms with Crippen LogP contribution < -0.4 is 42.6 Å². The number of piperidine rings is 4. The maximum Gasteiger partial charge on any atom is 0.573 e. The first-order chi connectivity index (χ1) is 64.8. The number of aryl methyl sites for hydroxylation is 2. The van der Waals surface area contributed by atoms with E-state index in [0.29, 0.717) is 161 Å². The Labute approximate surface area is 789 Å². The summed E-state index contributed by atoms with van der Waals surface area (Å²) < 4.78 is 109. The first-order valence-electron chi connectivity index (χ1n) is 45.1. The molecule has 0 unspecified atom stereocenters. The molecule has 4 spiro atoms. The number of alkyl halides is 3. The molecule has 27 nitrogen and oxygen atoms in total. The van der Waals surface area contributed by atoms with Gasteiger partial charge in [0.2, 0.25) is 0 Å². The van der Waals surface area contributed by atoms with Crippen LogP contribution in [0.4, 0.5) is 13.2 Å². The van der Waals surface area contributed by atoms with E-state index in [1.54, 1.807) is 88.6 Å². The highest BCUT2D eigenvalue weighted by Gasteiger charge is 2.51. The van der Waals surface area contributed by atoms with E-state index in [0.717, 1.165) is 104 Å². The van der Waals surface area contributed by atoms with E-state index in [1.165, 1.54) is 12.1 Å². The summed E-state index contributed by atoms with van der Waals surface area (Å²) in [5.74, 6) is 3.88. The Bertz CT molecular complexity index is 6460. The van der Waals surface area contributed by atoms with Gasteiger partial charge in [0.1, 0.15) is 64.2 Å². The SMILES string of the molecule is COc1cc(C(=O)N2CCC3(CC2)Oc2cc(Cl)ccc2-n2cccc23)ccc1CCO.COc1cc(C(=O)N2CCC3(CC2)Oc2ccccc2-n2cccc23)ccc1OC[C@H]1COC(C)(C)O1.COc1cc(C(C)(C)O)ccc1C(=O)N1CCC2(CC1)Oc1ccccc1-c1c2cnn1C.Cn1ncc2c1-c1ccccc1OC21CCN(C(=O)c2ccc(OC(F)(F)F)c(Cl)c2)CC1. The Balaban J connectivity index is 0.000000120. The standard InChI is InChI=1S/C29H32N2O6.C26H29N3O4.C25H25ClN2O4.C23H19ClF3N3O3/c1-28(2)35-19-21(36-28)18-34-24-11-10-20(17-25(24)33-3)27(32)30-15-12-29(13-16-30)26-9-6-14-31(26)22-7-4-5-8-23(22)37-29;1-25(2,31)17-9-10-19(22(15-17)32-4)24(30)29-13-11-26(12-14-29)20-16-27-28(3)23(20)18-7-5-6-8-21(18)33-26;1-31-21-15-18(5-4-17(21)8-14-29)24(30)27-12-9-25(10-13-27)23-3-2-11-28(23)20-7-6-19(26)16-22(20)32-25;1-29-20-15-4-2-3-5-18(15)32-22(16(20)13-28-29)8-10-30(11-9-22)21(31)14-6-7-19(17(24)12-14)33-23(25,26)27/h4-11,14,17,21H,12-13,15-16,18-19H2,1-3H3;5-10,15-16,31H,11-14H2,1-4H3;2-7,11,15-16,29H,8-10,12-14H2,1H3;2-7,12-13H,8-11H2,1H3/t21-;;;/m0.../s1. The van der Waals surface area contributed by atoms with Gasteiger partial charge in [0, 0.05) is 187 Å². The fourth-order valence-corrected chi connectivity index (χ4v) is 20.3. The van der Waals surface area contributed by atoms with Crippen molar-refractivity contribution in [3.05, 3.63) is 279 Å². The van der Waals surface area contributed by atoms with Gasteiger partial charge in [0.05, 0.1) is 90.7 Å². The highest BCUT2D eigenvalue weighted by Crippen LogP contribution is 2.54. The molecule has 1 atom stereocenters. The molecular formula is C103H105Cl2F3N10O17. The predicted octanol–water partition coefficient (Wildman–Crippen LogP) is 17.7. The van der Waals surface area contributed by atoms with Gasteiger partial charge < -0.3 is 91.1 Å². The molecule has 4 aromatic heterocycles. The number of amides is 4. The lowest BCUT2D eigenvalue weighted by molar-refractivity contribution is -0.274. The molecule has 13 heterocycles. The second kappa shape index (κ2) is 37.0. The molecule has 0 bridgehead atoms. The van der Waals surface area contributed by atoms with Crippen molar-refractivity contribution in [1.82, 2.24) is 48.3 Å². The molecule has 0 aliphatic carbocycles. The number of likely N-dealkylation sites (tertiary alicyclic amines) is 4. The maximum atomic E-state index is 13.4. The third-order valence-electron chi connectivity index (χ3n) is 26.9. The average molecular weight is 1880 g/mol. The second-order valence-corrected chi connectivity index (χ2v) is 36.9. The fourth-order valence-electron chi connectivity index (χ4n) is 19.9. The zero-order chi connectivity index (χ0) is 94.7. The van der Waals surface area contributed by atoms with Crippen molar-refractivity contribution < 1.29 is 94.7 Å². The van der Waals surface area contributed by atoms with Crippen molar-refractivity contribution in [2.24, 2.45) is 14.1 Å². The predicted molar refractivity (Wildman–Crippen MR) is 497 cm³/mol. The number of nitrogens with zero attached hydrogens (tertiary/aromatic N) is 10. The Morgan fingerprint density at radius 2 is 0.948 bits per heavy atom. The quantitative estimate of drug-likeness (QED) is 0.102. The molecule has 135 heavy (non-hydrogen) atoms. The average Bonchev–Trinajstić information content (AvgIpc) is 1.65. The highest BCUT2D eigenvalue weighted by atomic mass is 35.5. The van der Waals surface area contributed by atoms with Crippen molar-refractivity contribution >= 4 is 46.8 Å². The first kappa shape index (κ1) is 92.5. The number of aliphatic hydroxyl groups is 2. The number of ether oxygens (including phenoxy) is 11. The molecule has 5 saturated heterocycles. The van der Waals surface area contributed by atoms with E-state index in [-0.39, 0.29) is 46.9 Å². The Morgan fingerprint density at radius 3 is 1.44 bits per heavy atom. The summed E-state index contributed by atoms with van der Waals surface area (Å²) in [6, 6.07) is 57.5. The number of para-hydroxylation sites is 4. The van der Waals surface area contributed by atoms with Crippen LogP contribution in [0.5, 0.6) is 51.7 Å². The zero-order valence-electron chi connectivity index (χ0n) is 76.3. The van der Waals surface area contributed by atoms with E-state index in [4.69, 9.17) is 70.6 Å². The molecule has 5 fully saturated rings. The van der Waals surface area contributed by atoms with Crippen molar-refractivity contribution in [1.29, 1.82) is 0 Å². The number of benzene rings is 8. The molecule has 32 heteroatoms. The summed E-state index contributed by atoms with van der Waals surface area (Å²) in [6.07, 6.45) is 8.59. The molecular weight excluding hydrogens is 1780 g/mol. The third-order valence-corrected chi connectivity index (χ3v) is 27.4. The monoisotopic (exact) mass is 1880 g/mol. The molecule has 12 aromatic rings. The fraction of sp³-hybridized carbons (Fsp3) is 0.359. The largest absolute Gasteiger partial charge is 0.573 e. The van der Waals surface area contributed by atoms with Gasteiger partial charge in [-0.3, -0.25) is 28.5 Å². The van der Waals surface area contributed by atoms with Gasteiger partial charge in [0.25, 0.3) is 23.6 Å². The summed E-state index contributed by atoms with van der Waals surface area (Å²) in [6.45, 7) is 12.3. The highest BCUT2D eigenvalue weighted by molar-refractivity contribution is 6.32. The summed E-state index contributed by atoms with van der Waals surface area (Å²) >= 11 is 12.1. The van der Waals surface area contributed by atoms with Crippen LogP contribution in [0, 0.1) is 0 Å². The molecule has 4 amide bonds. The van der Waals surface area contributed by atoms with E-state index >= 15 is 0 Å². The Morgan fingerprint density at radius 1 is 0.489 bits per heavy atom. The van der Waals surface area contributed by atoms with Gasteiger partial charge in [0.15, 0.2) is 28.5 Å². The summed E-state index contributed by atoms with van der Waals surface area (Å²) in [7, 11) is 8.55. The smallest absolute Gasteiger partial charge is 0.496 e. The van der Waals surface area contributed by atoms with Crippen molar-refractivity contribution in [3.8, 4) is 85.6 Å². The second-order valence-electron chi connectivity index (χ2n) is 36.0. The summed E-state index contributed by atoms with van der Waals surface area (Å²) in [5.41, 5.74) is 10.9. The lowest BCUT2D eigenvalue weighted by Gasteiger charge is -2.45. The van der Waals surface area contributed by atoms with Gasteiger partial charge in [-0.25, -0.2) is 0 Å². The zero-order valence-corrected chi connectivity index (χ0v) is 77.8. The molecule has 21 rings (SSSR count). The molecule has 9 aliphatic heterocycles. The normalized spacial score (nSPS) is 17.8. The molecule has 704 valence electrons. The number of methoxy groups -OCH3 is 3. The van der Waals surface area contributed by atoms with Crippen LogP contribution in [-0.2, 0) is 58.0 Å². The van der Waals surface area contributed by atoms with E-state index in [2.05, 4.69) is 60.6 Å². The number of hydrogen-bond acceptors (Lipinski definition) is 19. The van der Waals surface area contributed by atoms with E-state index in [9.17, 15) is 42.6 Å². The van der Waals surface area contributed by atoms with Gasteiger partial charge in [-0.1, -0.05) is 71.7 Å². The first-order valence-corrected chi connectivity index (χ1v) is 45.9. The minimum absolute atomic E-state index is 0.0247. The number of aliphatic hydroxyl groups excluding tert-OH is 1. The number of hydrogen-bond donors (Lipinski definition) is 2. The van der Waals surface area contributed by atoms with Gasteiger partial charge in [-0.05, 0) is 179 Å². The van der Waals surface area contributed by atoms with E-state index in [1.807, 2.05) is 162 Å². The van der Waals surface area contributed by atoms with Gasteiger partial charge >= 0.3 is 6.36 Å². The molecule has 9 aliphatic rings. The van der Waals surface area contributed by atoms with Crippen LogP contribution in [0.3, 0.4) is 0 Å². The topological polar surface area (TPSA) is 269 Å². The van der Waals surface area contributed by atoms with Gasteiger partial charge in [-0.15, -0.1) is 13.2 Å². The molecule has 0 saturated carbocycles. The Hall–Kier alpha value is -13.0. The van der Waals surface area contributed by atoms with Crippen molar-refractivity contribution in [2.45, 2.75) is 132 Å². The molecule has 0 radical (unpaired) electrons. The minimum Gasteiger partial charge on any atom is -0.496 e. The molecule has 8 aromatic carbocycles. The van der Waals surface area contributed by atoms with Crippen LogP contribution >= 0.6 is 23.2 Å². The Kier molecular flexibility index (Phi) is 25.4. The van der Waals surface area contributed by atoms with E-state index < -0.39 is 45.9 Å². The van der Waals surface area contributed by atoms with Crippen LogP contribution in [0.1, 0.15) is 154 Å². The number of aromatic nitrogens is 6. The van der Waals surface area contributed by atoms with Crippen molar-refractivity contribution in [3.63, 3.8) is 0 Å². The number of carbonyl (C=O) groups excluding carboxylic acids is 4. The third kappa shape index (κ3) is 18.2. The number of fused-ring (bicyclic) bond motifs is 16. The van der Waals surface area contributed by atoms with Crippen LogP contribution in [0.25, 0.3) is 33.9 Å². The summed E-state index contributed by atoms with van der Waals surface area (Å²) in [4.78, 5) is 60.3. The lowest BCUT2D eigenvalue weighted by atomic mass is 9.81.